The highest BCUT2D eigenvalue weighted by Gasteiger charge is 2.07. The van der Waals surface area contributed by atoms with Crippen molar-refractivity contribution in [3.05, 3.63) is 40.9 Å². The normalized spacial score (nSPS) is 11.3. The fourth-order valence-electron chi connectivity index (χ4n) is 1.69. The van der Waals surface area contributed by atoms with Crippen LogP contribution in [-0.2, 0) is 0 Å². The summed E-state index contributed by atoms with van der Waals surface area (Å²) in [5, 5.41) is 0.930. The smallest absolute Gasteiger partial charge is 0.304 e. The van der Waals surface area contributed by atoms with Crippen LogP contribution in [0.15, 0.2) is 35.3 Å². The van der Waals surface area contributed by atoms with Crippen molar-refractivity contribution in [3.8, 4) is 0 Å². The largest absolute Gasteiger partial charge is 0.336 e. The number of benzene rings is 1. The minimum atomic E-state index is -0.244. The van der Waals surface area contributed by atoms with E-state index in [4.69, 9.17) is 0 Å². The molecule has 2 aromatic heterocycles. The number of imidazole rings is 1. The van der Waals surface area contributed by atoms with Gasteiger partial charge in [0, 0.05) is 5.39 Å². The summed E-state index contributed by atoms with van der Waals surface area (Å²) in [5.41, 5.74) is 2.09. The summed E-state index contributed by atoms with van der Waals surface area (Å²) in [5.74, 6) is 0. The number of pyridine rings is 1. The van der Waals surface area contributed by atoms with Gasteiger partial charge in [-0.15, -0.1) is 0 Å². The van der Waals surface area contributed by atoms with Crippen LogP contribution in [0.2, 0.25) is 0 Å². The average molecular weight is 217 g/mol. The molecule has 0 radical (unpaired) electrons. The van der Waals surface area contributed by atoms with E-state index in [1.807, 2.05) is 24.3 Å². The first-order valence-corrected chi connectivity index (χ1v) is 4.85. The molecule has 0 saturated heterocycles. The Hall–Kier alpha value is -1.75. The van der Waals surface area contributed by atoms with E-state index in [-0.39, 0.29) is 5.69 Å². The maximum atomic E-state index is 11.4. The molecule has 0 atom stereocenters. The van der Waals surface area contributed by atoms with Crippen LogP contribution in [0.4, 0.5) is 0 Å². The number of thiol groups is 1. The molecule has 0 aliphatic heterocycles. The van der Waals surface area contributed by atoms with Crippen molar-refractivity contribution in [2.75, 3.05) is 0 Å². The third-order valence-electron chi connectivity index (χ3n) is 2.41. The monoisotopic (exact) mass is 217 g/mol. The number of H-pyrrole nitrogens is 1. The van der Waals surface area contributed by atoms with E-state index in [2.05, 4.69) is 22.8 Å². The second-order valence-corrected chi connectivity index (χ2v) is 3.68. The summed E-state index contributed by atoms with van der Waals surface area (Å²) in [6.45, 7) is 0. The number of nitrogens with zero attached hydrogens (tertiary/aromatic N) is 2. The molecule has 0 saturated carbocycles. The summed E-state index contributed by atoms with van der Waals surface area (Å²) in [6.07, 6.45) is 1.64. The summed E-state index contributed by atoms with van der Waals surface area (Å²) >= 11 is 4.07. The second kappa shape index (κ2) is 2.87. The Morgan fingerprint density at radius 2 is 2.13 bits per heavy atom. The molecule has 4 nitrogen and oxygen atoms in total. The van der Waals surface area contributed by atoms with Crippen LogP contribution in [0.5, 0.6) is 0 Å². The van der Waals surface area contributed by atoms with Crippen molar-refractivity contribution in [1.29, 1.82) is 0 Å². The number of rotatable bonds is 0. The van der Waals surface area contributed by atoms with Crippen LogP contribution in [0.3, 0.4) is 0 Å². The van der Waals surface area contributed by atoms with E-state index < -0.39 is 0 Å². The van der Waals surface area contributed by atoms with Gasteiger partial charge in [-0.2, -0.15) is 0 Å². The van der Waals surface area contributed by atoms with Crippen LogP contribution >= 0.6 is 12.8 Å². The number of aromatic nitrogens is 3. The number of hydrogen-bond donors (Lipinski definition) is 2. The highest BCUT2D eigenvalue weighted by Crippen LogP contribution is 2.20. The number of hydrogen-bond acceptors (Lipinski definition) is 3. The van der Waals surface area contributed by atoms with Crippen LogP contribution in [0, 0.1) is 0 Å². The number of nitrogens with one attached hydrogen (secondary N) is 1. The van der Waals surface area contributed by atoms with Crippen molar-refractivity contribution in [1.82, 2.24) is 13.9 Å². The van der Waals surface area contributed by atoms with Crippen LogP contribution in [0.25, 0.3) is 21.9 Å². The highest BCUT2D eigenvalue weighted by molar-refractivity contribution is 7.78. The molecule has 0 amide bonds. The first-order valence-electron chi connectivity index (χ1n) is 4.45. The van der Waals surface area contributed by atoms with Gasteiger partial charge in [0.15, 0.2) is 0 Å². The molecule has 0 spiro atoms. The van der Waals surface area contributed by atoms with Crippen molar-refractivity contribution in [3.63, 3.8) is 0 Å². The zero-order valence-electron chi connectivity index (χ0n) is 7.64. The Balaban J connectivity index is 2.66. The molecule has 3 rings (SSSR count). The van der Waals surface area contributed by atoms with Crippen molar-refractivity contribution in [2.24, 2.45) is 0 Å². The lowest BCUT2D eigenvalue weighted by molar-refractivity contribution is 1.16. The Labute approximate surface area is 90.1 Å². The van der Waals surface area contributed by atoms with E-state index in [0.29, 0.717) is 5.52 Å². The molecular formula is C10H7N3OS. The third kappa shape index (κ3) is 1.10. The molecule has 15 heavy (non-hydrogen) atoms. The fourth-order valence-corrected chi connectivity index (χ4v) is 1.89. The lowest BCUT2D eigenvalue weighted by Crippen LogP contribution is -2.07. The first-order chi connectivity index (χ1) is 7.27. The first kappa shape index (κ1) is 8.55. The Morgan fingerprint density at radius 3 is 3.00 bits per heavy atom. The van der Waals surface area contributed by atoms with Gasteiger partial charge in [0.25, 0.3) is 0 Å². The Morgan fingerprint density at radius 1 is 1.33 bits per heavy atom. The fraction of sp³-hybridized carbons (Fsp3) is 0. The van der Waals surface area contributed by atoms with Gasteiger partial charge in [-0.1, -0.05) is 31.0 Å². The quantitative estimate of drug-likeness (QED) is 0.561. The van der Waals surface area contributed by atoms with Gasteiger partial charge in [-0.05, 0) is 6.07 Å². The minimum absolute atomic E-state index is 0.244. The molecular weight excluding hydrogens is 210 g/mol. The summed E-state index contributed by atoms with van der Waals surface area (Å²) in [4.78, 5) is 18.4. The molecule has 0 aliphatic rings. The van der Waals surface area contributed by atoms with E-state index in [1.165, 1.54) is 3.97 Å². The molecule has 0 unspecified atom stereocenters. The summed E-state index contributed by atoms with van der Waals surface area (Å²) in [7, 11) is 0. The molecule has 74 valence electrons. The van der Waals surface area contributed by atoms with Gasteiger partial charge in [0.2, 0.25) is 0 Å². The average Bonchev–Trinajstić information content (AvgIpc) is 2.56. The Kier molecular flexibility index (Phi) is 1.63. The van der Waals surface area contributed by atoms with Crippen molar-refractivity contribution >= 4 is 34.8 Å². The number of para-hydroxylation sites is 1. The topological polar surface area (TPSA) is 50.7 Å². The zero-order chi connectivity index (χ0) is 10.4. The van der Waals surface area contributed by atoms with E-state index in [0.717, 1.165) is 16.4 Å². The molecule has 0 aliphatic carbocycles. The molecule has 2 heterocycles. The second-order valence-electron chi connectivity index (χ2n) is 3.28. The summed E-state index contributed by atoms with van der Waals surface area (Å²) < 4.78 is 1.26. The number of fused-ring (bicyclic) bond motifs is 3. The standard InChI is InChI=1S/C10H7N3OS/c14-10-12-9-6-3-1-2-4-7(6)11-5-8(9)13(10)15/h1-5,15H,(H,12,14). The van der Waals surface area contributed by atoms with Gasteiger partial charge in [0.1, 0.15) is 0 Å². The molecule has 0 bridgehead atoms. The maximum absolute atomic E-state index is 11.4. The van der Waals surface area contributed by atoms with Gasteiger partial charge >= 0.3 is 5.69 Å². The Bertz CT molecular complexity index is 713. The van der Waals surface area contributed by atoms with Gasteiger partial charge in [-0.3, -0.25) is 4.98 Å². The van der Waals surface area contributed by atoms with E-state index in [9.17, 15) is 4.79 Å². The van der Waals surface area contributed by atoms with E-state index >= 15 is 0 Å². The lowest BCUT2D eigenvalue weighted by Gasteiger charge is -1.97. The van der Waals surface area contributed by atoms with Crippen molar-refractivity contribution in [2.45, 2.75) is 0 Å². The summed E-state index contributed by atoms with van der Waals surface area (Å²) in [6, 6.07) is 7.66. The third-order valence-corrected chi connectivity index (χ3v) is 2.81. The van der Waals surface area contributed by atoms with Crippen LogP contribution in [0.1, 0.15) is 0 Å². The minimum Gasteiger partial charge on any atom is -0.304 e. The van der Waals surface area contributed by atoms with Crippen LogP contribution in [-0.4, -0.2) is 13.9 Å². The maximum Gasteiger partial charge on any atom is 0.336 e. The molecule has 3 aromatic rings. The predicted octanol–water partition coefficient (Wildman–Crippen LogP) is 1.57. The molecule has 0 fully saturated rings. The predicted molar refractivity (Wildman–Crippen MR) is 62.2 cm³/mol. The van der Waals surface area contributed by atoms with Gasteiger partial charge < -0.3 is 4.98 Å². The van der Waals surface area contributed by atoms with Gasteiger partial charge in [-0.25, -0.2) is 8.77 Å². The molecule has 1 aromatic carbocycles. The lowest BCUT2D eigenvalue weighted by atomic mass is 10.2. The SMILES string of the molecule is O=c1[nH]c2c3ccccc3ncc2n1S. The molecule has 5 heteroatoms. The van der Waals surface area contributed by atoms with Crippen LogP contribution < -0.4 is 5.69 Å². The van der Waals surface area contributed by atoms with E-state index in [1.54, 1.807) is 6.20 Å². The zero-order valence-corrected chi connectivity index (χ0v) is 8.53. The van der Waals surface area contributed by atoms with Crippen molar-refractivity contribution < 1.29 is 0 Å². The molecule has 1 N–H and O–H groups in total. The van der Waals surface area contributed by atoms with Gasteiger partial charge in [0.05, 0.1) is 22.7 Å². The number of aromatic amines is 1. The highest BCUT2D eigenvalue weighted by atomic mass is 32.1.